The Bertz CT molecular complexity index is 7550. The number of benzene rings is 8. The van der Waals surface area contributed by atoms with Gasteiger partial charge in [0, 0.05) is 149 Å². The summed E-state index contributed by atoms with van der Waals surface area (Å²) in [6, 6.07) is 51.8. The van der Waals surface area contributed by atoms with Crippen LogP contribution < -0.4 is 4.74 Å². The highest BCUT2D eigenvalue weighted by Crippen LogP contribution is 2.44. The van der Waals surface area contributed by atoms with E-state index >= 15 is 0 Å². The van der Waals surface area contributed by atoms with E-state index in [2.05, 4.69) is 80.8 Å². The highest BCUT2D eigenvalue weighted by Gasteiger charge is 2.32. The van der Waals surface area contributed by atoms with Crippen molar-refractivity contribution in [2.45, 2.75) is 169 Å². The van der Waals surface area contributed by atoms with E-state index in [0.717, 1.165) is 125 Å². The zero-order chi connectivity index (χ0) is 99.4. The molecule has 0 radical (unpaired) electrons. The first-order valence-corrected chi connectivity index (χ1v) is 47.4. The van der Waals surface area contributed by atoms with Crippen molar-refractivity contribution in [1.29, 1.82) is 0 Å². The van der Waals surface area contributed by atoms with E-state index in [-0.39, 0.29) is 116 Å². The van der Waals surface area contributed by atoms with Crippen molar-refractivity contribution in [2.75, 3.05) is 6.61 Å². The first-order chi connectivity index (χ1) is 67.9. The largest absolute Gasteiger partial charge is 0.508 e. The SMILES string of the molecule is CC(C)c1c(Cc2ccccc2)c2ccc(C3=N[C@H](C)CO3)cc2n1C(=O)CCc1cncc(F)c1.CC(C)c1c(Cc2ccccn2)c2ccc(Oc3nccs3)cc2n1C(=O)CCc1ccc(F)c(F)c1.CC(C)c1c(Cc2cccnc2)c2cc(O)c(-c3ncco3)cc2n1C(=O)CCc1cc(F)cc(F)c1.CC(C)c1c(Cc2ncco2)c2cc(O)ccc2n1C(=O)CCc1cc(F)cc(F)c1. The second-order valence-electron chi connectivity index (χ2n) is 35.9. The molecule has 8 aromatic carbocycles. The molecule has 1 atom stereocenters. The lowest BCUT2D eigenvalue weighted by Crippen LogP contribution is -2.16. The lowest BCUT2D eigenvalue weighted by Gasteiger charge is -2.15. The van der Waals surface area contributed by atoms with Gasteiger partial charge in [-0.15, -0.1) is 0 Å². The fraction of sp³-hybridized carbons (Fsp3) is 0.241. The smallest absolute Gasteiger partial charge is 0.278 e. The Morgan fingerprint density at radius 2 is 0.965 bits per heavy atom. The molecule has 29 heteroatoms. The highest BCUT2D eigenvalue weighted by atomic mass is 32.1. The molecule has 18 aromatic rings. The fourth-order valence-corrected chi connectivity index (χ4v) is 18.9. The third-order valence-electron chi connectivity index (χ3n) is 24.4. The van der Waals surface area contributed by atoms with Crippen molar-refractivity contribution in [2.24, 2.45) is 4.99 Å². The van der Waals surface area contributed by atoms with Gasteiger partial charge in [-0.3, -0.25) is 52.4 Å². The topological polar surface area (TPSA) is 263 Å². The molecule has 0 spiro atoms. The molecule has 2 N–H and O–H groups in total. The Morgan fingerprint density at radius 3 is 1.52 bits per heavy atom. The molecule has 0 saturated carbocycles. The van der Waals surface area contributed by atoms with Gasteiger partial charge >= 0.3 is 0 Å². The van der Waals surface area contributed by atoms with Gasteiger partial charge in [-0.05, 0) is 234 Å². The van der Waals surface area contributed by atoms with Crippen LogP contribution in [0.25, 0.3) is 55.1 Å². The zero-order valence-corrected chi connectivity index (χ0v) is 79.8. The number of oxazole rings is 2. The Balaban J connectivity index is 0.000000136. The predicted molar refractivity (Wildman–Crippen MR) is 529 cm³/mol. The molecule has 10 aromatic heterocycles. The number of aromatic nitrogens is 10. The number of phenolic OH excluding ortho intramolecular Hbond substituents is 2. The van der Waals surface area contributed by atoms with Crippen molar-refractivity contribution < 1.29 is 78.4 Å². The van der Waals surface area contributed by atoms with Crippen LogP contribution in [-0.2, 0) is 56.1 Å². The summed E-state index contributed by atoms with van der Waals surface area (Å²) in [6.45, 7) is 18.9. The van der Waals surface area contributed by atoms with Crippen molar-refractivity contribution in [3.63, 3.8) is 0 Å². The number of halogens is 7. The van der Waals surface area contributed by atoms with Crippen LogP contribution in [0, 0.1) is 40.7 Å². The van der Waals surface area contributed by atoms with Gasteiger partial charge in [-0.2, -0.15) is 0 Å². The first kappa shape index (κ1) is 98.5. The van der Waals surface area contributed by atoms with Crippen LogP contribution in [0.2, 0.25) is 0 Å². The number of aromatic hydroxyl groups is 2. The van der Waals surface area contributed by atoms with Crippen LogP contribution in [0.1, 0.15) is 226 Å². The number of fused-ring (bicyclic) bond motifs is 4. The molecule has 1 aliphatic heterocycles. The number of hydrogen-bond acceptors (Lipinski definition) is 18. The van der Waals surface area contributed by atoms with E-state index in [0.29, 0.717) is 93.9 Å². The minimum atomic E-state index is -0.916. The third kappa shape index (κ3) is 23.1. The number of carbonyl (C=O) groups is 4. The molecule has 0 saturated heterocycles. The average Bonchev–Trinajstić information content (AvgIpc) is 1.61. The van der Waals surface area contributed by atoms with Crippen molar-refractivity contribution in [1.82, 2.24) is 48.2 Å². The second-order valence-corrected chi connectivity index (χ2v) is 36.8. The summed E-state index contributed by atoms with van der Waals surface area (Å²) in [6.07, 6.45) is 19.4. The molecule has 0 bridgehead atoms. The van der Waals surface area contributed by atoms with Gasteiger partial charge in [-0.1, -0.05) is 121 Å². The number of aliphatic imine (C=N–C) groups is 1. The molecule has 11 heterocycles. The molecular weight excluding hydrogens is 1820 g/mol. The molecule has 0 aliphatic carbocycles. The van der Waals surface area contributed by atoms with Crippen LogP contribution in [-0.4, -0.2) is 101 Å². The summed E-state index contributed by atoms with van der Waals surface area (Å²) < 4.78 is 125. The van der Waals surface area contributed by atoms with Gasteiger partial charge in [0.05, 0.1) is 58.7 Å². The molecule has 0 fully saturated rings. The zero-order valence-electron chi connectivity index (χ0n) is 79.0. The lowest BCUT2D eigenvalue weighted by molar-refractivity contribution is 0.0895. The number of phenols is 2. The molecule has 21 nitrogen and oxygen atoms in total. The van der Waals surface area contributed by atoms with Gasteiger partial charge in [0.25, 0.3) is 5.19 Å². The van der Waals surface area contributed by atoms with E-state index in [4.69, 9.17) is 18.3 Å². The molecule has 0 unspecified atom stereocenters. The predicted octanol–water partition coefficient (Wildman–Crippen LogP) is 26.1. The van der Waals surface area contributed by atoms with Gasteiger partial charge in [0.1, 0.15) is 65.5 Å². The van der Waals surface area contributed by atoms with Gasteiger partial charge in [-0.25, -0.2) is 50.7 Å². The Labute approximate surface area is 812 Å². The Morgan fingerprint density at radius 1 is 0.426 bits per heavy atom. The first-order valence-electron chi connectivity index (χ1n) is 46.5. The van der Waals surface area contributed by atoms with Crippen molar-refractivity contribution >= 4 is 84.5 Å². The number of carbonyl (C=O) groups excluding carboxylic acids is 4. The van der Waals surface area contributed by atoms with E-state index in [1.165, 1.54) is 84.3 Å². The minimum absolute atomic E-state index is 0.00457. The maximum absolute atomic E-state index is 13.8. The number of aryl methyl sites for hydroxylation is 4. The standard InChI is InChI=1S/C30H30FN3O2.C29H25F2N3O3.C29H25F2N3O2S.C24H22F2N2O3/c1-19(2)29-26(14-21-7-5-4-6-8-21)25-11-10-23(30-33-20(3)18-36-30)15-27(25)34(29)28(35)12-9-22-13-24(31)17-32-16-22;1-17(2)28-23(12-19-4-3-7-32-16-19)22-15-26(35)24(29-33-8-9-37-29)14-25(22)34(28)27(36)6-5-18-10-20(30)13-21(31)11-18;1-18(2)28-23(16-20-5-3-4-12-32-20)22-9-8-21(36-29-33-13-14-37-29)17-26(22)34(28)27(35)11-7-19-6-10-24(30)25(31)15-19;1-14(2)24-20(13-22-27-7-8-31-22)19-12-18(29)4-5-21(19)28(24)23(30)6-3-15-9-16(25)11-17(26)10-15/h4-8,10-11,13,15-17,19-20H,9,12,14,18H2,1-3H3;3-4,7-11,13-17,35H,5-6,12H2,1-2H3;3-6,8-10,12-15,17-18H,7,11,16H2,1-2H3;4-5,7-12,14,29H,3,6,13H2,1-2H3/t20-;;;/m1.../s1. The molecule has 720 valence electrons. The summed E-state index contributed by atoms with van der Waals surface area (Å²) in [7, 11) is 0. The summed E-state index contributed by atoms with van der Waals surface area (Å²) in [5.74, 6) is -3.33. The van der Waals surface area contributed by atoms with E-state index in [9.17, 15) is 60.1 Å². The summed E-state index contributed by atoms with van der Waals surface area (Å²) in [4.78, 5) is 84.3. The van der Waals surface area contributed by atoms with Crippen molar-refractivity contribution in [3.8, 4) is 33.9 Å². The Hall–Kier alpha value is -15.5. The summed E-state index contributed by atoms with van der Waals surface area (Å²) in [5, 5.41) is 26.8. The van der Waals surface area contributed by atoms with Crippen LogP contribution in [0.5, 0.6) is 22.4 Å². The number of ether oxygens (including phenoxy) is 2. The number of thiazole rings is 1. The second kappa shape index (κ2) is 44.1. The fourth-order valence-electron chi connectivity index (χ4n) is 18.4. The summed E-state index contributed by atoms with van der Waals surface area (Å²) >= 11 is 1.38. The minimum Gasteiger partial charge on any atom is -0.508 e. The van der Waals surface area contributed by atoms with Crippen LogP contribution in [0.4, 0.5) is 30.7 Å². The van der Waals surface area contributed by atoms with E-state index in [1.54, 1.807) is 75.1 Å². The Kier molecular flexibility index (Phi) is 30.8. The molecule has 0 amide bonds. The normalized spacial score (nSPS) is 12.5. The number of pyridine rings is 3. The maximum atomic E-state index is 13.8. The number of hydrogen-bond donors (Lipinski definition) is 2. The van der Waals surface area contributed by atoms with Crippen LogP contribution in [0.3, 0.4) is 0 Å². The molecule has 19 rings (SSSR count). The lowest BCUT2D eigenvalue weighted by atomic mass is 9.96. The van der Waals surface area contributed by atoms with E-state index < -0.39 is 40.7 Å². The summed E-state index contributed by atoms with van der Waals surface area (Å²) in [5.41, 5.74) is 16.7. The van der Waals surface area contributed by atoms with Crippen molar-refractivity contribution in [3.05, 3.63) is 392 Å². The van der Waals surface area contributed by atoms with Gasteiger partial charge < -0.3 is 28.5 Å². The van der Waals surface area contributed by atoms with Gasteiger partial charge in [0.2, 0.25) is 35.4 Å². The maximum Gasteiger partial charge on any atom is 0.278 e. The monoisotopic (exact) mass is 1930 g/mol. The van der Waals surface area contributed by atoms with Crippen LogP contribution in [0.15, 0.2) is 269 Å². The van der Waals surface area contributed by atoms with Gasteiger partial charge in [0.15, 0.2) is 17.5 Å². The average molecular weight is 1930 g/mol. The highest BCUT2D eigenvalue weighted by molar-refractivity contribution is 7.11. The van der Waals surface area contributed by atoms with Crippen LogP contribution >= 0.6 is 11.3 Å². The molecule has 1 aliphatic rings. The quantitative estimate of drug-likeness (QED) is 0.0432. The number of rotatable bonds is 28. The number of nitrogens with zero attached hydrogens (tertiary/aromatic N) is 11. The molecular formula is C112H102F7N11O10S. The molecule has 141 heavy (non-hydrogen) atoms. The third-order valence-corrected chi connectivity index (χ3v) is 25.0. The van der Waals surface area contributed by atoms with E-state index in [1.807, 2.05) is 123 Å².